The molecule has 0 bridgehead atoms. The Morgan fingerprint density at radius 2 is 2.27 bits per heavy atom. The summed E-state index contributed by atoms with van der Waals surface area (Å²) >= 11 is 0. The van der Waals surface area contributed by atoms with Crippen LogP contribution in [0.2, 0.25) is 0 Å². The largest absolute Gasteiger partial charge is 0.393 e. The van der Waals surface area contributed by atoms with Gasteiger partial charge in [-0.05, 0) is 12.8 Å². The summed E-state index contributed by atoms with van der Waals surface area (Å²) in [6, 6.07) is 0. The van der Waals surface area contributed by atoms with Crippen molar-refractivity contribution in [3.63, 3.8) is 0 Å². The highest BCUT2D eigenvalue weighted by Crippen LogP contribution is 2.08. The van der Waals surface area contributed by atoms with E-state index in [0.717, 1.165) is 19.4 Å². The number of rotatable bonds is 7. The average Bonchev–Trinajstić information content (AvgIpc) is 2.61. The summed E-state index contributed by atoms with van der Waals surface area (Å²) in [5.41, 5.74) is 3.00. The zero-order valence-electron chi connectivity index (χ0n) is 9.54. The Balaban J connectivity index is 2.05. The summed E-state index contributed by atoms with van der Waals surface area (Å²) in [6.07, 6.45) is 5.31. The summed E-state index contributed by atoms with van der Waals surface area (Å²) in [5, 5.41) is 11.3. The first-order valence-electron chi connectivity index (χ1n) is 5.96. The molecule has 4 nitrogen and oxygen atoms in total. The third kappa shape index (κ3) is 4.62. The number of amides is 1. The van der Waals surface area contributed by atoms with Crippen molar-refractivity contribution in [1.29, 1.82) is 0 Å². The fourth-order valence-corrected chi connectivity index (χ4v) is 1.78. The Morgan fingerprint density at radius 1 is 1.47 bits per heavy atom. The molecule has 1 fully saturated rings. The molecule has 0 spiro atoms. The maximum atomic E-state index is 11.2. The van der Waals surface area contributed by atoms with Crippen LogP contribution in [0.3, 0.4) is 0 Å². The van der Waals surface area contributed by atoms with E-state index in [1.807, 2.05) is 0 Å². The first-order chi connectivity index (χ1) is 7.24. The molecule has 0 radical (unpaired) electrons. The molecule has 1 saturated heterocycles. The molecule has 88 valence electrons. The smallest absolute Gasteiger partial charge is 0.238 e. The summed E-state index contributed by atoms with van der Waals surface area (Å²) in [4.78, 5) is 11.2. The zero-order valence-corrected chi connectivity index (χ0v) is 9.54. The number of aliphatic hydroxyl groups is 1. The molecule has 1 rings (SSSR count). The molecule has 4 heteroatoms. The average molecular weight is 214 g/mol. The molecule has 1 atom stereocenters. The fourth-order valence-electron chi connectivity index (χ4n) is 1.78. The summed E-state index contributed by atoms with van der Waals surface area (Å²) in [7, 11) is 0. The van der Waals surface area contributed by atoms with Gasteiger partial charge in [-0.25, -0.2) is 5.43 Å². The maximum absolute atomic E-state index is 11.2. The van der Waals surface area contributed by atoms with Crippen LogP contribution in [-0.4, -0.2) is 35.2 Å². The molecular weight excluding hydrogens is 192 g/mol. The number of hydrogen-bond donors (Lipinski definition) is 2. The van der Waals surface area contributed by atoms with Gasteiger partial charge in [-0.3, -0.25) is 9.80 Å². The normalized spacial score (nSPS) is 18.5. The lowest BCUT2D eigenvalue weighted by atomic mass is 10.1. The lowest BCUT2D eigenvalue weighted by molar-refractivity contribution is -0.129. The molecule has 0 aromatic rings. The fraction of sp³-hybridized carbons (Fsp3) is 0.909. The van der Waals surface area contributed by atoms with Crippen LogP contribution in [0.1, 0.15) is 45.4 Å². The Labute approximate surface area is 91.6 Å². The third-order valence-corrected chi connectivity index (χ3v) is 2.77. The van der Waals surface area contributed by atoms with E-state index in [1.165, 1.54) is 12.8 Å². The molecule has 1 aliphatic rings. The van der Waals surface area contributed by atoms with Crippen molar-refractivity contribution in [2.75, 3.05) is 13.1 Å². The lowest BCUT2D eigenvalue weighted by Crippen LogP contribution is -2.36. The van der Waals surface area contributed by atoms with Crippen molar-refractivity contribution in [2.24, 2.45) is 0 Å². The van der Waals surface area contributed by atoms with Crippen molar-refractivity contribution >= 4 is 5.91 Å². The summed E-state index contributed by atoms with van der Waals surface area (Å²) in [6.45, 7) is 3.52. The van der Waals surface area contributed by atoms with Gasteiger partial charge in [0.15, 0.2) is 0 Å². The van der Waals surface area contributed by atoms with Gasteiger partial charge in [-0.1, -0.05) is 26.2 Å². The van der Waals surface area contributed by atoms with Crippen molar-refractivity contribution in [3.8, 4) is 0 Å². The maximum Gasteiger partial charge on any atom is 0.238 e. The predicted octanol–water partition coefficient (Wildman–Crippen LogP) is 1.05. The molecule has 1 unspecified atom stereocenters. The number of hydrazine groups is 1. The van der Waals surface area contributed by atoms with E-state index in [4.69, 9.17) is 0 Å². The number of nitrogens with one attached hydrogen (secondary N) is 1. The molecule has 1 heterocycles. The van der Waals surface area contributed by atoms with Crippen LogP contribution < -0.4 is 5.43 Å². The second-order valence-electron chi connectivity index (χ2n) is 4.14. The van der Waals surface area contributed by atoms with Crippen LogP contribution in [0.5, 0.6) is 0 Å². The minimum atomic E-state index is -0.258. The molecule has 0 aromatic carbocycles. The van der Waals surface area contributed by atoms with E-state index in [-0.39, 0.29) is 12.0 Å². The molecule has 2 N–H and O–H groups in total. The minimum Gasteiger partial charge on any atom is -0.393 e. The SMILES string of the molecule is CCCCCC(O)CCN1NCCC1=O. The van der Waals surface area contributed by atoms with E-state index in [9.17, 15) is 9.90 Å². The molecule has 15 heavy (non-hydrogen) atoms. The molecule has 1 amide bonds. The second kappa shape index (κ2) is 6.80. The van der Waals surface area contributed by atoms with Gasteiger partial charge >= 0.3 is 0 Å². The van der Waals surface area contributed by atoms with Crippen molar-refractivity contribution < 1.29 is 9.90 Å². The van der Waals surface area contributed by atoms with E-state index in [1.54, 1.807) is 5.01 Å². The Hall–Kier alpha value is -0.610. The Bertz CT molecular complexity index is 197. The molecule has 0 saturated carbocycles. The minimum absolute atomic E-state index is 0.149. The van der Waals surface area contributed by atoms with E-state index >= 15 is 0 Å². The molecule has 1 aliphatic heterocycles. The van der Waals surface area contributed by atoms with Crippen LogP contribution in [0.25, 0.3) is 0 Å². The number of hydrogen-bond acceptors (Lipinski definition) is 3. The lowest BCUT2D eigenvalue weighted by Gasteiger charge is -2.17. The molecular formula is C11H22N2O2. The van der Waals surface area contributed by atoms with Crippen LogP contribution >= 0.6 is 0 Å². The highest BCUT2D eigenvalue weighted by molar-refractivity contribution is 5.77. The van der Waals surface area contributed by atoms with Crippen LogP contribution in [0, 0.1) is 0 Å². The highest BCUT2D eigenvalue weighted by Gasteiger charge is 2.19. The van der Waals surface area contributed by atoms with Gasteiger partial charge in [0.1, 0.15) is 0 Å². The van der Waals surface area contributed by atoms with Gasteiger partial charge in [0.05, 0.1) is 6.10 Å². The topological polar surface area (TPSA) is 52.6 Å². The number of aliphatic hydroxyl groups excluding tert-OH is 1. The number of carbonyl (C=O) groups excluding carboxylic acids is 1. The molecule has 0 aromatic heterocycles. The standard InChI is InChI=1S/C11H22N2O2/c1-2-3-4-5-10(14)7-9-13-11(15)6-8-12-13/h10,12,14H,2-9H2,1H3. The number of unbranched alkanes of at least 4 members (excludes halogenated alkanes) is 2. The van der Waals surface area contributed by atoms with E-state index < -0.39 is 0 Å². The van der Waals surface area contributed by atoms with Crippen LogP contribution in [-0.2, 0) is 4.79 Å². The molecule has 0 aliphatic carbocycles. The highest BCUT2D eigenvalue weighted by atomic mass is 16.3. The summed E-state index contributed by atoms with van der Waals surface area (Å²) in [5.74, 6) is 0.149. The Kier molecular flexibility index (Phi) is 5.65. The van der Waals surface area contributed by atoms with Gasteiger partial charge in [0.25, 0.3) is 0 Å². The van der Waals surface area contributed by atoms with Crippen molar-refractivity contribution in [1.82, 2.24) is 10.4 Å². The Morgan fingerprint density at radius 3 is 2.87 bits per heavy atom. The second-order valence-corrected chi connectivity index (χ2v) is 4.14. The van der Waals surface area contributed by atoms with E-state index in [0.29, 0.717) is 19.4 Å². The quantitative estimate of drug-likeness (QED) is 0.623. The van der Waals surface area contributed by atoms with Crippen LogP contribution in [0.4, 0.5) is 0 Å². The van der Waals surface area contributed by atoms with Gasteiger partial charge in [-0.15, -0.1) is 0 Å². The van der Waals surface area contributed by atoms with Gasteiger partial charge in [-0.2, -0.15) is 0 Å². The van der Waals surface area contributed by atoms with Crippen molar-refractivity contribution in [3.05, 3.63) is 0 Å². The van der Waals surface area contributed by atoms with Crippen LogP contribution in [0.15, 0.2) is 0 Å². The first kappa shape index (κ1) is 12.5. The zero-order chi connectivity index (χ0) is 11.1. The van der Waals surface area contributed by atoms with Gasteiger partial charge in [0, 0.05) is 19.5 Å². The monoisotopic (exact) mass is 214 g/mol. The first-order valence-corrected chi connectivity index (χ1v) is 5.96. The predicted molar refractivity (Wildman–Crippen MR) is 59.1 cm³/mol. The van der Waals surface area contributed by atoms with Crippen molar-refractivity contribution in [2.45, 2.75) is 51.6 Å². The summed E-state index contributed by atoms with van der Waals surface area (Å²) < 4.78 is 0. The van der Waals surface area contributed by atoms with Gasteiger partial charge in [0.2, 0.25) is 5.91 Å². The van der Waals surface area contributed by atoms with E-state index in [2.05, 4.69) is 12.3 Å². The van der Waals surface area contributed by atoms with Gasteiger partial charge < -0.3 is 5.11 Å². The number of carbonyl (C=O) groups is 1. The number of nitrogens with zero attached hydrogens (tertiary/aromatic N) is 1. The third-order valence-electron chi connectivity index (χ3n) is 2.77.